The highest BCUT2D eigenvalue weighted by atomic mass is 79.9. The lowest BCUT2D eigenvalue weighted by molar-refractivity contribution is 0.371. The number of hydrogen-bond acceptors (Lipinski definition) is 1. The minimum atomic E-state index is 0.571. The van der Waals surface area contributed by atoms with Crippen molar-refractivity contribution in [2.75, 3.05) is 7.11 Å². The number of benzene rings is 1. The fourth-order valence-electron chi connectivity index (χ4n) is 0.821. The van der Waals surface area contributed by atoms with Crippen LogP contribution >= 0.6 is 27.5 Å². The number of hydrogen-bond donors (Lipinski definition) is 0. The molecule has 12 heavy (non-hydrogen) atoms. The zero-order chi connectivity index (χ0) is 9.14. The van der Waals surface area contributed by atoms with Gasteiger partial charge in [0.1, 0.15) is 5.76 Å². The zero-order valence-corrected chi connectivity index (χ0v) is 8.95. The van der Waals surface area contributed by atoms with Gasteiger partial charge in [0.05, 0.1) is 12.1 Å². The van der Waals surface area contributed by atoms with Crippen molar-refractivity contribution in [2.45, 2.75) is 0 Å². The largest absolute Gasteiger partial charge is 0.497 e. The molecule has 0 aliphatic heterocycles. The molecule has 0 unspecified atom stereocenters. The molecule has 0 spiro atoms. The Bertz CT molecular complexity index is 309. The van der Waals surface area contributed by atoms with Crippen molar-refractivity contribution in [1.82, 2.24) is 0 Å². The summed E-state index contributed by atoms with van der Waals surface area (Å²) in [6.07, 6.45) is 0. The van der Waals surface area contributed by atoms with Crippen molar-refractivity contribution < 1.29 is 4.74 Å². The Labute approximate surface area is 85.1 Å². The smallest absolute Gasteiger partial charge is 0.120 e. The average molecular weight is 248 g/mol. The molecule has 0 N–H and O–H groups in total. The third kappa shape index (κ3) is 2.02. The van der Waals surface area contributed by atoms with Gasteiger partial charge in [0.2, 0.25) is 0 Å². The summed E-state index contributed by atoms with van der Waals surface area (Å²) in [6, 6.07) is 5.54. The summed E-state index contributed by atoms with van der Waals surface area (Å²) in [5.41, 5.74) is 0.813. The van der Waals surface area contributed by atoms with Crippen LogP contribution in [0.15, 0.2) is 29.3 Å². The minimum absolute atomic E-state index is 0.571. The summed E-state index contributed by atoms with van der Waals surface area (Å²) >= 11 is 9.25. The summed E-state index contributed by atoms with van der Waals surface area (Å²) in [5, 5.41) is 0.644. The number of ether oxygens (including phenoxy) is 1. The van der Waals surface area contributed by atoms with Gasteiger partial charge in [0, 0.05) is 10.0 Å². The van der Waals surface area contributed by atoms with E-state index in [2.05, 4.69) is 22.5 Å². The van der Waals surface area contributed by atoms with Crippen molar-refractivity contribution in [3.05, 3.63) is 39.8 Å². The molecular formula is C9H8BrClO. The van der Waals surface area contributed by atoms with Crippen molar-refractivity contribution in [3.63, 3.8) is 0 Å². The molecule has 1 nitrogen and oxygen atoms in total. The zero-order valence-electron chi connectivity index (χ0n) is 6.60. The van der Waals surface area contributed by atoms with Gasteiger partial charge in [-0.05, 0) is 18.2 Å². The molecule has 0 saturated heterocycles. The van der Waals surface area contributed by atoms with E-state index in [9.17, 15) is 0 Å². The summed E-state index contributed by atoms with van der Waals surface area (Å²) in [6.45, 7) is 3.72. The first-order valence-corrected chi connectivity index (χ1v) is 4.50. The molecule has 1 aromatic rings. The van der Waals surface area contributed by atoms with Crippen molar-refractivity contribution in [1.29, 1.82) is 0 Å². The van der Waals surface area contributed by atoms with Crippen LogP contribution in [-0.4, -0.2) is 7.11 Å². The maximum absolute atomic E-state index is 5.91. The van der Waals surface area contributed by atoms with Gasteiger partial charge in [-0.1, -0.05) is 34.1 Å². The summed E-state index contributed by atoms with van der Waals surface area (Å²) in [5.74, 6) is 0.571. The van der Waals surface area contributed by atoms with E-state index in [1.54, 1.807) is 13.2 Å². The quantitative estimate of drug-likeness (QED) is 0.724. The van der Waals surface area contributed by atoms with Crippen LogP contribution in [-0.2, 0) is 4.74 Å². The highest BCUT2D eigenvalue weighted by Gasteiger charge is 2.04. The second-order valence-corrected chi connectivity index (χ2v) is 3.57. The Hall–Kier alpha value is -0.470. The molecule has 0 aliphatic carbocycles. The Morgan fingerprint density at radius 3 is 2.83 bits per heavy atom. The van der Waals surface area contributed by atoms with E-state index in [1.165, 1.54) is 0 Å². The second-order valence-electron chi connectivity index (χ2n) is 2.25. The first-order chi connectivity index (χ1) is 5.65. The van der Waals surface area contributed by atoms with Crippen LogP contribution < -0.4 is 0 Å². The molecule has 0 bridgehead atoms. The van der Waals surface area contributed by atoms with Crippen molar-refractivity contribution in [2.24, 2.45) is 0 Å². The first-order valence-electron chi connectivity index (χ1n) is 3.33. The van der Waals surface area contributed by atoms with Crippen molar-refractivity contribution in [3.8, 4) is 0 Å². The predicted molar refractivity (Wildman–Crippen MR) is 55.2 cm³/mol. The molecule has 0 fully saturated rings. The molecule has 0 amide bonds. The van der Waals surface area contributed by atoms with Gasteiger partial charge >= 0.3 is 0 Å². The predicted octanol–water partition coefficient (Wildman–Crippen LogP) is 3.72. The van der Waals surface area contributed by atoms with Gasteiger partial charge in [-0.3, -0.25) is 0 Å². The maximum Gasteiger partial charge on any atom is 0.120 e. The Morgan fingerprint density at radius 2 is 2.25 bits per heavy atom. The number of rotatable bonds is 2. The van der Waals surface area contributed by atoms with E-state index in [1.807, 2.05) is 12.1 Å². The van der Waals surface area contributed by atoms with Crippen molar-refractivity contribution >= 4 is 33.3 Å². The highest BCUT2D eigenvalue weighted by molar-refractivity contribution is 9.10. The van der Waals surface area contributed by atoms with Crippen LogP contribution in [0.2, 0.25) is 5.02 Å². The number of halogens is 2. The molecule has 0 radical (unpaired) electrons. The molecule has 0 aromatic heterocycles. The standard InChI is InChI=1S/C9H8BrClO/c1-6(12-2)8-5-7(10)3-4-9(8)11/h3-5H,1H2,2H3. The minimum Gasteiger partial charge on any atom is -0.497 e. The Kier molecular flexibility index (Phi) is 3.18. The van der Waals surface area contributed by atoms with Gasteiger partial charge in [-0.15, -0.1) is 0 Å². The third-order valence-electron chi connectivity index (χ3n) is 1.48. The van der Waals surface area contributed by atoms with E-state index in [4.69, 9.17) is 16.3 Å². The van der Waals surface area contributed by atoms with Gasteiger partial charge in [0.15, 0.2) is 0 Å². The van der Waals surface area contributed by atoms with E-state index in [-0.39, 0.29) is 0 Å². The van der Waals surface area contributed by atoms with Crippen LogP contribution in [0.4, 0.5) is 0 Å². The van der Waals surface area contributed by atoms with Crippen LogP contribution in [0.25, 0.3) is 5.76 Å². The monoisotopic (exact) mass is 246 g/mol. The lowest BCUT2D eigenvalue weighted by Gasteiger charge is -2.06. The maximum atomic E-state index is 5.91. The van der Waals surface area contributed by atoms with Gasteiger partial charge in [-0.25, -0.2) is 0 Å². The van der Waals surface area contributed by atoms with Gasteiger partial charge in [-0.2, -0.15) is 0 Å². The molecule has 0 aliphatic rings. The first kappa shape index (κ1) is 9.62. The third-order valence-corrected chi connectivity index (χ3v) is 2.30. The molecule has 0 heterocycles. The van der Waals surface area contributed by atoms with Crippen LogP contribution in [0.5, 0.6) is 0 Å². The molecule has 0 atom stereocenters. The van der Waals surface area contributed by atoms with Crippen LogP contribution in [0.3, 0.4) is 0 Å². The molecule has 3 heteroatoms. The van der Waals surface area contributed by atoms with E-state index in [0.29, 0.717) is 10.8 Å². The van der Waals surface area contributed by atoms with Gasteiger partial charge in [0.25, 0.3) is 0 Å². The number of methoxy groups -OCH3 is 1. The van der Waals surface area contributed by atoms with Gasteiger partial charge < -0.3 is 4.74 Å². The fraction of sp³-hybridized carbons (Fsp3) is 0.111. The molecule has 0 saturated carbocycles. The van der Waals surface area contributed by atoms with Crippen LogP contribution in [0, 0.1) is 0 Å². The molecule has 1 rings (SSSR count). The summed E-state index contributed by atoms with van der Waals surface area (Å²) in [7, 11) is 1.57. The summed E-state index contributed by atoms with van der Waals surface area (Å²) < 4.78 is 5.93. The fourth-order valence-corrected chi connectivity index (χ4v) is 1.41. The average Bonchev–Trinajstić information content (AvgIpc) is 2.08. The summed E-state index contributed by atoms with van der Waals surface area (Å²) in [4.78, 5) is 0. The lowest BCUT2D eigenvalue weighted by Crippen LogP contribution is -1.86. The highest BCUT2D eigenvalue weighted by Crippen LogP contribution is 2.26. The Balaban J connectivity index is 3.13. The Morgan fingerprint density at radius 1 is 1.58 bits per heavy atom. The van der Waals surface area contributed by atoms with E-state index in [0.717, 1.165) is 10.0 Å². The van der Waals surface area contributed by atoms with E-state index < -0.39 is 0 Å². The normalized spacial score (nSPS) is 9.58. The molecular weight excluding hydrogens is 239 g/mol. The van der Waals surface area contributed by atoms with Crippen LogP contribution in [0.1, 0.15) is 5.56 Å². The second kappa shape index (κ2) is 3.97. The SMILES string of the molecule is C=C(OC)c1cc(Br)ccc1Cl. The molecule has 64 valence electrons. The lowest BCUT2D eigenvalue weighted by atomic mass is 10.2. The molecule has 1 aromatic carbocycles. The topological polar surface area (TPSA) is 9.23 Å². The van der Waals surface area contributed by atoms with E-state index >= 15 is 0 Å².